The third-order valence-electron chi connectivity index (χ3n) is 10.3. The Kier molecular flexibility index (Phi) is 6.12. The molecule has 3 nitrogen and oxygen atoms in total. The summed E-state index contributed by atoms with van der Waals surface area (Å²) in [6.07, 6.45) is 0. The number of hydrogen-bond acceptors (Lipinski definition) is 2. The third kappa shape index (κ3) is 4.21. The van der Waals surface area contributed by atoms with E-state index in [1.165, 1.54) is 69.5 Å². The molecule has 0 saturated heterocycles. The summed E-state index contributed by atoms with van der Waals surface area (Å²) in [6, 6.07) is 63.5. The molecule has 11 aromatic rings. The summed E-state index contributed by atoms with van der Waals surface area (Å²) in [5.74, 6) is 0. The largest absolute Gasteiger partial charge is 0.307 e. The van der Waals surface area contributed by atoms with E-state index >= 15 is 0 Å². The summed E-state index contributed by atoms with van der Waals surface area (Å²) >= 11 is 1.88. The minimum absolute atomic E-state index is 0.945. The molecule has 4 aromatic heterocycles. The van der Waals surface area contributed by atoms with Gasteiger partial charge in [-0.3, -0.25) is 0 Å². The monoisotopic (exact) mass is 667 g/mol. The van der Waals surface area contributed by atoms with Crippen LogP contribution in [0.3, 0.4) is 0 Å². The molecule has 0 aliphatic carbocycles. The van der Waals surface area contributed by atoms with E-state index in [4.69, 9.17) is 4.98 Å². The summed E-state index contributed by atoms with van der Waals surface area (Å²) < 4.78 is 7.60. The molecule has 0 atom stereocenters. The fourth-order valence-corrected chi connectivity index (χ4v) is 9.29. The Bertz CT molecular complexity index is 3070. The Labute approximate surface area is 297 Å². The Morgan fingerprint density at radius 1 is 0.392 bits per heavy atom. The van der Waals surface area contributed by atoms with E-state index in [1.807, 2.05) is 11.3 Å². The highest BCUT2D eigenvalue weighted by Gasteiger charge is 2.23. The molecule has 0 fully saturated rings. The molecule has 0 radical (unpaired) electrons. The smallest absolute Gasteiger partial charge is 0.0789 e. The lowest BCUT2D eigenvalue weighted by atomic mass is 10.1. The molecular formula is C47H29N3S. The zero-order valence-corrected chi connectivity index (χ0v) is 28.3. The van der Waals surface area contributed by atoms with Crippen LogP contribution in [0.5, 0.6) is 0 Å². The van der Waals surface area contributed by atoms with E-state index in [0.717, 1.165) is 28.2 Å². The van der Waals surface area contributed by atoms with Gasteiger partial charge in [-0.2, -0.15) is 0 Å². The van der Waals surface area contributed by atoms with Crippen molar-refractivity contribution in [3.05, 3.63) is 176 Å². The molecular weight excluding hydrogens is 639 g/mol. The standard InChI is InChI=1S/C47H29N3S/c1-3-14-30(15-4-1)39-28-32(29-40(48-39)31-16-5-2-6-17-31)49-41-22-10-7-18-33(41)36-26-27-37-34-19-8-11-23-42(34)50(46(37)45(36)49)43-24-13-21-38-35-20-9-12-25-44(35)51-47(38)43/h1-29H. The molecule has 0 bridgehead atoms. The van der Waals surface area contributed by atoms with Gasteiger partial charge in [0.25, 0.3) is 0 Å². The van der Waals surface area contributed by atoms with Crippen molar-refractivity contribution in [2.75, 3.05) is 0 Å². The zero-order valence-electron chi connectivity index (χ0n) is 27.5. The van der Waals surface area contributed by atoms with Crippen molar-refractivity contribution >= 4 is 75.1 Å². The average molecular weight is 668 g/mol. The van der Waals surface area contributed by atoms with Gasteiger partial charge in [0.1, 0.15) is 0 Å². The van der Waals surface area contributed by atoms with Gasteiger partial charge in [0.2, 0.25) is 0 Å². The second kappa shape index (κ2) is 11.0. The normalized spacial score (nSPS) is 11.9. The number of thiophene rings is 1. The Balaban J connectivity index is 1.33. The van der Waals surface area contributed by atoms with Crippen LogP contribution < -0.4 is 0 Å². The number of nitrogens with zero attached hydrogens (tertiary/aromatic N) is 3. The summed E-state index contributed by atoms with van der Waals surface area (Å²) in [7, 11) is 0. The number of benzene rings is 7. The van der Waals surface area contributed by atoms with Crippen molar-refractivity contribution in [1.29, 1.82) is 0 Å². The second-order valence-corrected chi connectivity index (χ2v) is 14.2. The van der Waals surface area contributed by atoms with Crippen molar-refractivity contribution < 1.29 is 0 Å². The van der Waals surface area contributed by atoms with Crippen molar-refractivity contribution in [3.63, 3.8) is 0 Å². The molecule has 11 rings (SSSR count). The highest BCUT2D eigenvalue weighted by Crippen LogP contribution is 2.45. The van der Waals surface area contributed by atoms with Crippen LogP contribution in [-0.4, -0.2) is 14.1 Å². The van der Waals surface area contributed by atoms with Crippen LogP contribution >= 0.6 is 11.3 Å². The van der Waals surface area contributed by atoms with Crippen molar-refractivity contribution in [2.24, 2.45) is 0 Å². The number of aromatic nitrogens is 3. The lowest BCUT2D eigenvalue weighted by molar-refractivity contribution is 1.14. The van der Waals surface area contributed by atoms with Gasteiger partial charge in [-0.1, -0.05) is 140 Å². The van der Waals surface area contributed by atoms with Gasteiger partial charge >= 0.3 is 0 Å². The van der Waals surface area contributed by atoms with Crippen molar-refractivity contribution in [1.82, 2.24) is 14.1 Å². The molecule has 0 N–H and O–H groups in total. The van der Waals surface area contributed by atoms with Gasteiger partial charge in [0, 0.05) is 48.1 Å². The zero-order chi connectivity index (χ0) is 33.5. The molecule has 0 amide bonds. The molecule has 0 aliphatic heterocycles. The van der Waals surface area contributed by atoms with Gasteiger partial charge in [-0.05, 0) is 36.4 Å². The van der Waals surface area contributed by atoms with Gasteiger partial charge in [-0.25, -0.2) is 4.98 Å². The van der Waals surface area contributed by atoms with E-state index in [1.54, 1.807) is 0 Å². The number of para-hydroxylation sites is 2. The second-order valence-electron chi connectivity index (χ2n) is 13.1. The first-order chi connectivity index (χ1) is 25.3. The van der Waals surface area contributed by atoms with Crippen LogP contribution in [-0.2, 0) is 0 Å². The lowest BCUT2D eigenvalue weighted by Crippen LogP contribution is -2.01. The van der Waals surface area contributed by atoms with Crippen LogP contribution in [0, 0.1) is 0 Å². The predicted octanol–water partition coefficient (Wildman–Crippen LogP) is 13.0. The first-order valence-electron chi connectivity index (χ1n) is 17.3. The summed E-state index contributed by atoms with van der Waals surface area (Å²) in [4.78, 5) is 5.24. The van der Waals surface area contributed by atoms with E-state index in [9.17, 15) is 0 Å². The maximum atomic E-state index is 5.24. The van der Waals surface area contributed by atoms with Gasteiger partial charge in [0.05, 0.1) is 49.5 Å². The molecule has 0 saturated carbocycles. The fraction of sp³-hybridized carbons (Fsp3) is 0. The maximum Gasteiger partial charge on any atom is 0.0789 e. The number of rotatable bonds is 4. The van der Waals surface area contributed by atoms with E-state index in [-0.39, 0.29) is 0 Å². The maximum absolute atomic E-state index is 5.24. The molecule has 7 aromatic carbocycles. The molecule has 4 heterocycles. The van der Waals surface area contributed by atoms with Crippen LogP contribution in [0.1, 0.15) is 0 Å². The summed E-state index contributed by atoms with van der Waals surface area (Å²) in [5, 5.41) is 7.53. The van der Waals surface area contributed by atoms with E-state index in [2.05, 4.69) is 185 Å². The van der Waals surface area contributed by atoms with Crippen LogP contribution in [0.2, 0.25) is 0 Å². The first-order valence-corrected chi connectivity index (χ1v) is 18.1. The van der Waals surface area contributed by atoms with Crippen LogP contribution in [0.4, 0.5) is 0 Å². The highest BCUT2D eigenvalue weighted by molar-refractivity contribution is 7.26. The highest BCUT2D eigenvalue weighted by atomic mass is 32.1. The molecule has 0 spiro atoms. The topological polar surface area (TPSA) is 22.8 Å². The summed E-state index contributed by atoms with van der Waals surface area (Å²) in [6.45, 7) is 0. The lowest BCUT2D eigenvalue weighted by Gasteiger charge is -2.15. The predicted molar refractivity (Wildman–Crippen MR) is 217 cm³/mol. The Morgan fingerprint density at radius 3 is 1.55 bits per heavy atom. The molecule has 238 valence electrons. The first kappa shape index (κ1) is 28.4. The number of fused-ring (bicyclic) bond motifs is 10. The van der Waals surface area contributed by atoms with Crippen LogP contribution in [0.15, 0.2) is 176 Å². The van der Waals surface area contributed by atoms with Gasteiger partial charge in [-0.15, -0.1) is 11.3 Å². The Morgan fingerprint density at radius 2 is 0.902 bits per heavy atom. The molecule has 0 unspecified atom stereocenters. The SMILES string of the molecule is c1ccc(-c2cc(-n3c4ccccc4c4ccc5c6ccccc6n(-c6cccc7c6sc6ccccc67)c5c43)cc(-c3ccccc3)n2)cc1. The molecule has 51 heavy (non-hydrogen) atoms. The molecule has 4 heteroatoms. The van der Waals surface area contributed by atoms with E-state index < -0.39 is 0 Å². The van der Waals surface area contributed by atoms with Crippen molar-refractivity contribution in [2.45, 2.75) is 0 Å². The van der Waals surface area contributed by atoms with Crippen molar-refractivity contribution in [3.8, 4) is 33.9 Å². The quantitative estimate of drug-likeness (QED) is 0.183. The van der Waals surface area contributed by atoms with Gasteiger partial charge < -0.3 is 9.13 Å². The van der Waals surface area contributed by atoms with Crippen LogP contribution in [0.25, 0.3) is 97.7 Å². The average Bonchev–Trinajstić information content (AvgIpc) is 3.86. The minimum atomic E-state index is 0.945. The minimum Gasteiger partial charge on any atom is -0.307 e. The Hall–Kier alpha value is -6.49. The number of hydrogen-bond donors (Lipinski definition) is 0. The number of pyridine rings is 1. The van der Waals surface area contributed by atoms with Gasteiger partial charge in [0.15, 0.2) is 0 Å². The third-order valence-corrected chi connectivity index (χ3v) is 11.5. The summed E-state index contributed by atoms with van der Waals surface area (Å²) in [5.41, 5.74) is 11.1. The van der Waals surface area contributed by atoms with E-state index in [0.29, 0.717) is 0 Å². The molecule has 0 aliphatic rings. The fourth-order valence-electron chi connectivity index (χ4n) is 8.09.